The highest BCUT2D eigenvalue weighted by molar-refractivity contribution is 5.94. The molecule has 3 rings (SSSR count). The summed E-state index contributed by atoms with van der Waals surface area (Å²) in [6.07, 6.45) is 2.52. The predicted molar refractivity (Wildman–Crippen MR) is 144 cm³/mol. The molecule has 0 aliphatic rings. The van der Waals surface area contributed by atoms with Gasteiger partial charge in [0.25, 0.3) is 0 Å². The first-order chi connectivity index (χ1) is 18.1. The molecule has 10 nitrogen and oxygen atoms in total. The average Bonchev–Trinajstić information content (AvgIpc) is 3.29. The second-order valence-electron chi connectivity index (χ2n) is 9.72. The second kappa shape index (κ2) is 13.4. The van der Waals surface area contributed by atoms with Crippen LogP contribution in [0.25, 0.3) is 10.9 Å². The Kier molecular flexibility index (Phi) is 10.0. The van der Waals surface area contributed by atoms with Gasteiger partial charge in [-0.3, -0.25) is 19.2 Å². The van der Waals surface area contributed by atoms with Gasteiger partial charge in [0.05, 0.1) is 6.04 Å². The second-order valence-corrected chi connectivity index (χ2v) is 9.72. The van der Waals surface area contributed by atoms with E-state index in [0.29, 0.717) is 6.42 Å². The fourth-order valence-electron chi connectivity index (χ4n) is 4.24. The van der Waals surface area contributed by atoms with Crippen LogP contribution in [0.3, 0.4) is 0 Å². The van der Waals surface area contributed by atoms with E-state index < -0.39 is 48.4 Å². The van der Waals surface area contributed by atoms with E-state index >= 15 is 0 Å². The highest BCUT2D eigenvalue weighted by atomic mass is 16.4. The molecular formula is C28H35N5O5. The number of carboxylic acid groups (broad SMARTS) is 1. The van der Waals surface area contributed by atoms with Crippen LogP contribution in [0.15, 0.2) is 60.8 Å². The van der Waals surface area contributed by atoms with Crippen LogP contribution >= 0.6 is 0 Å². The van der Waals surface area contributed by atoms with E-state index in [-0.39, 0.29) is 18.8 Å². The van der Waals surface area contributed by atoms with Crippen LogP contribution in [-0.4, -0.2) is 58.5 Å². The van der Waals surface area contributed by atoms with E-state index in [0.717, 1.165) is 22.0 Å². The van der Waals surface area contributed by atoms with Crippen molar-refractivity contribution < 1.29 is 24.3 Å². The molecule has 3 aromatic rings. The Bertz CT molecular complexity index is 1260. The molecule has 0 saturated heterocycles. The summed E-state index contributed by atoms with van der Waals surface area (Å²) in [5, 5.41) is 17.7. The monoisotopic (exact) mass is 521 g/mol. The Morgan fingerprint density at radius 3 is 2.18 bits per heavy atom. The fourth-order valence-corrected chi connectivity index (χ4v) is 4.24. The van der Waals surface area contributed by atoms with Gasteiger partial charge in [-0.2, -0.15) is 0 Å². The first-order valence-corrected chi connectivity index (χ1v) is 12.6. The van der Waals surface area contributed by atoms with E-state index in [9.17, 15) is 19.2 Å². The topological polar surface area (TPSA) is 166 Å². The number of aromatic amines is 1. The van der Waals surface area contributed by atoms with Crippen molar-refractivity contribution in [3.63, 3.8) is 0 Å². The lowest BCUT2D eigenvalue weighted by molar-refractivity contribution is -0.138. The quantitative estimate of drug-likeness (QED) is 0.199. The summed E-state index contributed by atoms with van der Waals surface area (Å²) < 4.78 is 0. The lowest BCUT2D eigenvalue weighted by Gasteiger charge is -2.24. The van der Waals surface area contributed by atoms with Gasteiger partial charge in [0, 0.05) is 29.9 Å². The van der Waals surface area contributed by atoms with Crippen LogP contribution in [0.4, 0.5) is 0 Å². The summed E-state index contributed by atoms with van der Waals surface area (Å²) >= 11 is 0. The maximum absolute atomic E-state index is 13.6. The third-order valence-corrected chi connectivity index (χ3v) is 6.12. The van der Waals surface area contributed by atoms with Gasteiger partial charge < -0.3 is 31.8 Å². The van der Waals surface area contributed by atoms with Crippen LogP contribution in [0.1, 0.15) is 31.4 Å². The normalized spacial score (nSPS) is 13.5. The van der Waals surface area contributed by atoms with E-state index in [1.807, 2.05) is 44.2 Å². The molecular weight excluding hydrogens is 486 g/mol. The largest absolute Gasteiger partial charge is 0.480 e. The van der Waals surface area contributed by atoms with Gasteiger partial charge in [-0.05, 0) is 29.5 Å². The Labute approximate surface area is 221 Å². The summed E-state index contributed by atoms with van der Waals surface area (Å²) in [6.45, 7) is 3.32. The molecule has 0 bridgehead atoms. The molecule has 2 aromatic carbocycles. The van der Waals surface area contributed by atoms with Crippen molar-refractivity contribution in [2.75, 3.05) is 6.54 Å². The average molecular weight is 522 g/mol. The number of hydrogen-bond acceptors (Lipinski definition) is 5. The van der Waals surface area contributed by atoms with Crippen LogP contribution < -0.4 is 21.7 Å². The standard InChI is InChI=1S/C28H35N5O5/c1-17(2)12-21(29)26(36)32-24(14-19-15-30-22-11-7-6-10-20(19)22)28(38)33-23(27(37)31-16-25(34)35)13-18-8-4-3-5-9-18/h3-11,15,17,21,23-24,30H,12-14,16,29H2,1-2H3,(H,31,37)(H,32,36)(H,33,38)(H,34,35). The molecule has 0 aliphatic heterocycles. The maximum Gasteiger partial charge on any atom is 0.322 e. The SMILES string of the molecule is CC(C)CC(N)C(=O)NC(Cc1c[nH]c2ccccc12)C(=O)NC(Cc1ccccc1)C(=O)NCC(=O)O. The number of carbonyl (C=O) groups excluding carboxylic acids is 3. The minimum absolute atomic E-state index is 0.138. The summed E-state index contributed by atoms with van der Waals surface area (Å²) in [6, 6.07) is 13.8. The van der Waals surface area contributed by atoms with E-state index in [1.54, 1.807) is 30.5 Å². The molecule has 0 fully saturated rings. The number of nitrogens with one attached hydrogen (secondary N) is 4. The number of carbonyl (C=O) groups is 4. The van der Waals surface area contributed by atoms with Gasteiger partial charge >= 0.3 is 5.97 Å². The zero-order valence-corrected chi connectivity index (χ0v) is 21.6. The molecule has 202 valence electrons. The van der Waals surface area contributed by atoms with Crippen LogP contribution in [0, 0.1) is 5.92 Å². The van der Waals surface area contributed by atoms with Crippen molar-refractivity contribution in [1.82, 2.24) is 20.9 Å². The van der Waals surface area contributed by atoms with Crippen molar-refractivity contribution in [2.45, 2.75) is 51.2 Å². The Hall–Kier alpha value is -4.18. The smallest absolute Gasteiger partial charge is 0.322 e. The van der Waals surface area contributed by atoms with Gasteiger partial charge in [-0.1, -0.05) is 62.4 Å². The number of rotatable bonds is 13. The number of hydrogen-bond donors (Lipinski definition) is 6. The summed E-state index contributed by atoms with van der Waals surface area (Å²) in [5.74, 6) is -2.70. The number of benzene rings is 2. The molecule has 3 unspecified atom stereocenters. The van der Waals surface area contributed by atoms with Crippen LogP contribution in [-0.2, 0) is 32.0 Å². The number of fused-ring (bicyclic) bond motifs is 1. The predicted octanol–water partition coefficient (Wildman–Crippen LogP) is 1.50. The Morgan fingerprint density at radius 1 is 0.868 bits per heavy atom. The molecule has 0 spiro atoms. The molecule has 0 aliphatic carbocycles. The zero-order valence-electron chi connectivity index (χ0n) is 21.6. The minimum Gasteiger partial charge on any atom is -0.480 e. The summed E-state index contributed by atoms with van der Waals surface area (Å²) in [7, 11) is 0. The molecule has 1 aromatic heterocycles. The number of aliphatic carboxylic acids is 1. The number of para-hydroxylation sites is 1. The van der Waals surface area contributed by atoms with Gasteiger partial charge in [0.2, 0.25) is 17.7 Å². The van der Waals surface area contributed by atoms with Crippen molar-refractivity contribution >= 4 is 34.6 Å². The molecule has 3 atom stereocenters. The molecule has 38 heavy (non-hydrogen) atoms. The molecule has 1 heterocycles. The van der Waals surface area contributed by atoms with E-state index in [1.165, 1.54) is 0 Å². The summed E-state index contributed by atoms with van der Waals surface area (Å²) in [4.78, 5) is 53.5. The first-order valence-electron chi connectivity index (χ1n) is 12.6. The van der Waals surface area contributed by atoms with Crippen molar-refractivity contribution in [3.05, 3.63) is 71.9 Å². The summed E-state index contributed by atoms with van der Waals surface area (Å²) in [5.41, 5.74) is 8.56. The number of nitrogens with two attached hydrogens (primary N) is 1. The Balaban J connectivity index is 1.85. The number of aromatic nitrogens is 1. The molecule has 0 saturated carbocycles. The molecule has 10 heteroatoms. The van der Waals surface area contributed by atoms with Gasteiger partial charge in [-0.25, -0.2) is 0 Å². The third kappa shape index (κ3) is 8.17. The lowest BCUT2D eigenvalue weighted by Crippen LogP contribution is -2.57. The number of amides is 3. The first kappa shape index (κ1) is 28.4. The van der Waals surface area contributed by atoms with Gasteiger partial charge in [0.15, 0.2) is 0 Å². The maximum atomic E-state index is 13.6. The van der Waals surface area contributed by atoms with Gasteiger partial charge in [0.1, 0.15) is 18.6 Å². The van der Waals surface area contributed by atoms with E-state index in [4.69, 9.17) is 10.8 Å². The zero-order chi connectivity index (χ0) is 27.7. The molecule has 0 radical (unpaired) electrons. The lowest BCUT2D eigenvalue weighted by atomic mass is 10.0. The number of carboxylic acids is 1. The number of H-pyrrole nitrogens is 1. The van der Waals surface area contributed by atoms with Crippen LogP contribution in [0.2, 0.25) is 0 Å². The fraction of sp³-hybridized carbons (Fsp3) is 0.357. The Morgan fingerprint density at radius 2 is 1.50 bits per heavy atom. The van der Waals surface area contributed by atoms with Crippen molar-refractivity contribution in [1.29, 1.82) is 0 Å². The van der Waals surface area contributed by atoms with Gasteiger partial charge in [-0.15, -0.1) is 0 Å². The van der Waals surface area contributed by atoms with Crippen LogP contribution in [0.5, 0.6) is 0 Å². The van der Waals surface area contributed by atoms with Crippen molar-refractivity contribution in [2.24, 2.45) is 11.7 Å². The molecule has 7 N–H and O–H groups in total. The van der Waals surface area contributed by atoms with E-state index in [2.05, 4.69) is 20.9 Å². The highest BCUT2D eigenvalue weighted by Crippen LogP contribution is 2.19. The minimum atomic E-state index is -1.20. The van der Waals surface area contributed by atoms with Crippen molar-refractivity contribution in [3.8, 4) is 0 Å². The molecule has 3 amide bonds. The third-order valence-electron chi connectivity index (χ3n) is 6.12. The highest BCUT2D eigenvalue weighted by Gasteiger charge is 2.29.